The van der Waals surface area contributed by atoms with E-state index in [1.54, 1.807) is 23.6 Å². The van der Waals surface area contributed by atoms with E-state index in [4.69, 9.17) is 4.74 Å². The van der Waals surface area contributed by atoms with E-state index in [1.807, 2.05) is 32.0 Å². The summed E-state index contributed by atoms with van der Waals surface area (Å²) in [5.41, 5.74) is 1.93. The van der Waals surface area contributed by atoms with Crippen LogP contribution in [0.2, 0.25) is 0 Å². The van der Waals surface area contributed by atoms with E-state index < -0.39 is 0 Å². The van der Waals surface area contributed by atoms with Crippen LogP contribution in [0.5, 0.6) is 0 Å². The van der Waals surface area contributed by atoms with Crippen LogP contribution < -0.4 is 5.32 Å². The number of anilines is 2. The Bertz CT molecular complexity index is 888. The molecule has 0 aliphatic carbocycles. The van der Waals surface area contributed by atoms with Gasteiger partial charge in [-0.3, -0.25) is 0 Å². The minimum absolute atomic E-state index is 0.328. The number of esters is 1. The van der Waals surface area contributed by atoms with Crippen molar-refractivity contribution < 1.29 is 9.53 Å². The van der Waals surface area contributed by atoms with Crippen molar-refractivity contribution in [1.82, 2.24) is 19.6 Å². The van der Waals surface area contributed by atoms with E-state index in [0.29, 0.717) is 29.5 Å². The number of ether oxygens (including phenoxy) is 1. The lowest BCUT2D eigenvalue weighted by Gasteiger charge is -2.12. The van der Waals surface area contributed by atoms with E-state index in [0.717, 1.165) is 17.9 Å². The van der Waals surface area contributed by atoms with E-state index in [-0.39, 0.29) is 5.97 Å². The Morgan fingerprint density at radius 3 is 2.79 bits per heavy atom. The minimum atomic E-state index is -0.365. The first-order chi connectivity index (χ1) is 11.6. The van der Waals surface area contributed by atoms with Crippen molar-refractivity contribution in [3.8, 4) is 0 Å². The van der Waals surface area contributed by atoms with Crippen molar-refractivity contribution in [2.24, 2.45) is 0 Å². The molecule has 1 N–H and O–H groups in total. The largest absolute Gasteiger partial charge is 0.462 e. The molecule has 7 nitrogen and oxygen atoms in total. The summed E-state index contributed by atoms with van der Waals surface area (Å²) < 4.78 is 6.76. The molecule has 0 amide bonds. The number of hydrogen-bond acceptors (Lipinski definition) is 6. The number of hydrogen-bond donors (Lipinski definition) is 1. The Hall–Kier alpha value is -2.96. The van der Waals surface area contributed by atoms with Crippen molar-refractivity contribution in [1.29, 1.82) is 0 Å². The van der Waals surface area contributed by atoms with Crippen LogP contribution in [0.15, 0.2) is 30.3 Å². The highest BCUT2D eigenvalue weighted by Gasteiger charge is 2.14. The number of benzene rings is 1. The van der Waals surface area contributed by atoms with E-state index in [9.17, 15) is 4.79 Å². The normalized spacial score (nSPS) is 10.8. The summed E-state index contributed by atoms with van der Waals surface area (Å²) in [5.74, 6) is 1.58. The van der Waals surface area contributed by atoms with E-state index in [2.05, 4.69) is 20.4 Å². The maximum Gasteiger partial charge on any atom is 0.340 e. The summed E-state index contributed by atoms with van der Waals surface area (Å²) in [4.78, 5) is 20.9. The molecule has 2 aromatic heterocycles. The molecule has 0 unspecified atom stereocenters. The fraction of sp³-hybridized carbons (Fsp3) is 0.294. The van der Waals surface area contributed by atoms with Gasteiger partial charge in [-0.1, -0.05) is 19.1 Å². The van der Waals surface area contributed by atoms with Gasteiger partial charge in [-0.05, 0) is 26.0 Å². The second-order valence-electron chi connectivity index (χ2n) is 5.27. The first-order valence-corrected chi connectivity index (χ1v) is 7.88. The fourth-order valence-electron chi connectivity index (χ4n) is 2.38. The summed E-state index contributed by atoms with van der Waals surface area (Å²) in [6.45, 7) is 5.99. The number of carbonyl (C=O) groups is 1. The monoisotopic (exact) mass is 325 g/mol. The predicted octanol–water partition coefficient (Wildman–Crippen LogP) is 2.92. The van der Waals surface area contributed by atoms with Crippen molar-refractivity contribution in [2.45, 2.75) is 27.2 Å². The van der Waals surface area contributed by atoms with Gasteiger partial charge in [0.15, 0.2) is 5.82 Å². The number of nitrogens with zero attached hydrogens (tertiary/aromatic N) is 4. The topological polar surface area (TPSA) is 81.4 Å². The van der Waals surface area contributed by atoms with Crippen molar-refractivity contribution in [3.63, 3.8) is 0 Å². The summed E-state index contributed by atoms with van der Waals surface area (Å²) >= 11 is 0. The van der Waals surface area contributed by atoms with Gasteiger partial charge in [-0.15, -0.1) is 5.10 Å². The van der Waals surface area contributed by atoms with Crippen LogP contribution >= 0.6 is 0 Å². The van der Waals surface area contributed by atoms with Gasteiger partial charge in [-0.25, -0.2) is 9.78 Å². The minimum Gasteiger partial charge on any atom is -0.462 e. The molecule has 0 atom stereocenters. The summed E-state index contributed by atoms with van der Waals surface area (Å²) in [5, 5.41) is 7.70. The lowest BCUT2D eigenvalue weighted by Crippen LogP contribution is -2.09. The number of aromatic nitrogens is 4. The highest BCUT2D eigenvalue weighted by atomic mass is 16.5. The number of fused-ring (bicyclic) bond motifs is 1. The SMILES string of the molecule is CCOC(=O)c1ccccc1Nc1cc(C)nc2nc(CC)nn12. The second kappa shape index (κ2) is 6.66. The zero-order chi connectivity index (χ0) is 17.1. The predicted molar refractivity (Wildman–Crippen MR) is 90.6 cm³/mol. The fourth-order valence-corrected chi connectivity index (χ4v) is 2.38. The van der Waals surface area contributed by atoms with Crippen molar-refractivity contribution >= 4 is 23.3 Å². The molecule has 0 aliphatic rings. The highest BCUT2D eigenvalue weighted by molar-refractivity contribution is 5.96. The molecule has 0 spiro atoms. The Kier molecular flexibility index (Phi) is 4.41. The first-order valence-electron chi connectivity index (χ1n) is 7.88. The average Bonchev–Trinajstić information content (AvgIpc) is 2.98. The smallest absolute Gasteiger partial charge is 0.340 e. The molecule has 3 aromatic rings. The molecule has 3 rings (SSSR count). The molecule has 0 aliphatic heterocycles. The molecule has 0 bridgehead atoms. The molecular formula is C17H19N5O2. The summed E-state index contributed by atoms with van der Waals surface area (Å²) in [7, 11) is 0. The van der Waals surface area contributed by atoms with Crippen molar-refractivity contribution in [3.05, 3.63) is 47.4 Å². The third kappa shape index (κ3) is 3.05. The third-order valence-corrected chi connectivity index (χ3v) is 3.49. The van der Waals surface area contributed by atoms with Gasteiger partial charge in [0.05, 0.1) is 17.9 Å². The average molecular weight is 325 g/mol. The molecule has 124 valence electrons. The maximum absolute atomic E-state index is 12.1. The highest BCUT2D eigenvalue weighted by Crippen LogP contribution is 2.22. The van der Waals surface area contributed by atoms with Crippen LogP contribution in [0.25, 0.3) is 5.78 Å². The maximum atomic E-state index is 12.1. The molecule has 2 heterocycles. The molecule has 0 saturated carbocycles. The summed E-state index contributed by atoms with van der Waals surface area (Å²) in [6.07, 6.45) is 0.723. The molecule has 0 saturated heterocycles. The van der Waals surface area contributed by atoms with Crippen LogP contribution in [0.4, 0.5) is 11.5 Å². The van der Waals surface area contributed by atoms with Crippen LogP contribution in [0.3, 0.4) is 0 Å². The van der Waals surface area contributed by atoms with Gasteiger partial charge in [-0.2, -0.15) is 9.50 Å². The molecule has 0 fully saturated rings. The molecule has 1 aromatic carbocycles. The second-order valence-corrected chi connectivity index (χ2v) is 5.27. The Balaban J connectivity index is 2.04. The number of carbonyl (C=O) groups excluding carboxylic acids is 1. The van der Waals surface area contributed by atoms with Crippen LogP contribution in [0, 0.1) is 6.92 Å². The first kappa shape index (κ1) is 15.9. The molecule has 0 radical (unpaired) electrons. The van der Waals surface area contributed by atoms with Gasteiger partial charge in [0.1, 0.15) is 5.82 Å². The standard InChI is InChI=1S/C17H19N5O2/c1-4-14-20-17-18-11(3)10-15(22(17)21-14)19-13-9-7-6-8-12(13)16(23)24-5-2/h6-10,19H,4-5H2,1-3H3. The van der Waals surface area contributed by atoms with Crippen LogP contribution in [0.1, 0.15) is 35.7 Å². The van der Waals surface area contributed by atoms with Crippen molar-refractivity contribution in [2.75, 3.05) is 11.9 Å². The van der Waals surface area contributed by atoms with Gasteiger partial charge in [0, 0.05) is 18.2 Å². The Morgan fingerprint density at radius 2 is 2.04 bits per heavy atom. The molecular weight excluding hydrogens is 306 g/mol. The lowest BCUT2D eigenvalue weighted by molar-refractivity contribution is 0.0527. The third-order valence-electron chi connectivity index (χ3n) is 3.49. The molecule has 7 heteroatoms. The number of nitrogens with one attached hydrogen (secondary N) is 1. The zero-order valence-electron chi connectivity index (χ0n) is 13.9. The zero-order valence-corrected chi connectivity index (χ0v) is 13.9. The van der Waals surface area contributed by atoms with Gasteiger partial charge in [0.25, 0.3) is 5.78 Å². The Labute approximate surface area is 139 Å². The van der Waals surface area contributed by atoms with E-state index >= 15 is 0 Å². The van der Waals surface area contributed by atoms with Gasteiger partial charge < -0.3 is 10.1 Å². The number of para-hydroxylation sites is 1. The Morgan fingerprint density at radius 1 is 1.25 bits per heavy atom. The van der Waals surface area contributed by atoms with Gasteiger partial charge >= 0.3 is 5.97 Å². The number of rotatable bonds is 5. The molecule has 24 heavy (non-hydrogen) atoms. The summed E-state index contributed by atoms with van der Waals surface area (Å²) in [6, 6.07) is 9.07. The quantitative estimate of drug-likeness (QED) is 0.726. The van der Waals surface area contributed by atoms with E-state index in [1.165, 1.54) is 0 Å². The van der Waals surface area contributed by atoms with Crippen LogP contribution in [-0.2, 0) is 11.2 Å². The van der Waals surface area contributed by atoms with Crippen LogP contribution in [-0.4, -0.2) is 32.2 Å². The number of aryl methyl sites for hydroxylation is 2. The lowest BCUT2D eigenvalue weighted by atomic mass is 10.2. The van der Waals surface area contributed by atoms with Gasteiger partial charge in [0.2, 0.25) is 0 Å².